The lowest BCUT2D eigenvalue weighted by atomic mass is 10.2. The van der Waals surface area contributed by atoms with Gasteiger partial charge in [-0.15, -0.1) is 0 Å². The van der Waals surface area contributed by atoms with Crippen LogP contribution in [0.3, 0.4) is 0 Å². The number of hydrogen-bond donors (Lipinski definition) is 1. The van der Waals surface area contributed by atoms with Crippen LogP contribution in [0.5, 0.6) is 0 Å². The maximum absolute atomic E-state index is 5.32. The largest absolute Gasteiger partial charge is 0.378 e. The number of rotatable bonds is 2. The van der Waals surface area contributed by atoms with Crippen molar-refractivity contribution in [3.63, 3.8) is 0 Å². The van der Waals surface area contributed by atoms with Crippen LogP contribution in [0.1, 0.15) is 5.56 Å². The van der Waals surface area contributed by atoms with Crippen LogP contribution < -0.4 is 10.2 Å². The molecule has 15 heavy (non-hydrogen) atoms. The first-order valence-electron chi connectivity index (χ1n) is 5.15. The molecule has 0 radical (unpaired) electrons. The number of aromatic nitrogens is 2. The zero-order chi connectivity index (χ0) is 10.7. The van der Waals surface area contributed by atoms with Gasteiger partial charge in [-0.1, -0.05) is 0 Å². The first-order chi connectivity index (χ1) is 7.33. The van der Waals surface area contributed by atoms with Crippen LogP contribution in [0, 0.1) is 6.92 Å². The van der Waals surface area contributed by atoms with E-state index >= 15 is 0 Å². The summed E-state index contributed by atoms with van der Waals surface area (Å²) >= 11 is 0. The van der Waals surface area contributed by atoms with Crippen LogP contribution in [0.25, 0.3) is 0 Å². The molecule has 5 nitrogen and oxygen atoms in total. The maximum Gasteiger partial charge on any atom is 0.137 e. The van der Waals surface area contributed by atoms with E-state index in [1.54, 1.807) is 6.33 Å². The fourth-order valence-corrected chi connectivity index (χ4v) is 1.79. The van der Waals surface area contributed by atoms with Gasteiger partial charge >= 0.3 is 0 Å². The van der Waals surface area contributed by atoms with E-state index in [9.17, 15) is 0 Å². The molecule has 1 aliphatic heterocycles. The molecule has 2 heterocycles. The summed E-state index contributed by atoms with van der Waals surface area (Å²) in [6.07, 6.45) is 1.60. The van der Waals surface area contributed by atoms with Gasteiger partial charge < -0.3 is 15.0 Å². The highest BCUT2D eigenvalue weighted by molar-refractivity contribution is 5.57. The van der Waals surface area contributed by atoms with Crippen molar-refractivity contribution in [1.29, 1.82) is 0 Å². The van der Waals surface area contributed by atoms with Crippen molar-refractivity contribution in [3.05, 3.63) is 11.9 Å². The van der Waals surface area contributed by atoms with Crippen molar-refractivity contribution in [2.45, 2.75) is 6.92 Å². The van der Waals surface area contributed by atoms with Gasteiger partial charge in [-0.3, -0.25) is 0 Å². The molecule has 1 N–H and O–H groups in total. The van der Waals surface area contributed by atoms with Crippen LogP contribution in [0.15, 0.2) is 6.33 Å². The average molecular weight is 208 g/mol. The summed E-state index contributed by atoms with van der Waals surface area (Å²) in [7, 11) is 1.87. The van der Waals surface area contributed by atoms with Gasteiger partial charge in [0.2, 0.25) is 0 Å². The predicted molar refractivity (Wildman–Crippen MR) is 59.3 cm³/mol. The number of hydrogen-bond acceptors (Lipinski definition) is 5. The molecular weight excluding hydrogens is 192 g/mol. The van der Waals surface area contributed by atoms with Crippen molar-refractivity contribution in [2.75, 3.05) is 43.6 Å². The molecule has 0 unspecified atom stereocenters. The molecule has 0 amide bonds. The van der Waals surface area contributed by atoms with E-state index in [0.29, 0.717) is 0 Å². The lowest BCUT2D eigenvalue weighted by molar-refractivity contribution is 0.122. The average Bonchev–Trinajstić information content (AvgIpc) is 2.30. The Kier molecular flexibility index (Phi) is 3.01. The fourth-order valence-electron chi connectivity index (χ4n) is 1.79. The molecule has 0 spiro atoms. The highest BCUT2D eigenvalue weighted by Gasteiger charge is 2.16. The summed E-state index contributed by atoms with van der Waals surface area (Å²) in [6, 6.07) is 0. The van der Waals surface area contributed by atoms with Crippen LogP contribution >= 0.6 is 0 Å². The second-order valence-corrected chi connectivity index (χ2v) is 3.52. The molecule has 1 saturated heterocycles. The van der Waals surface area contributed by atoms with Crippen molar-refractivity contribution in [1.82, 2.24) is 9.97 Å². The van der Waals surface area contributed by atoms with Crippen LogP contribution in [0.4, 0.5) is 11.6 Å². The Hall–Kier alpha value is -1.36. The molecule has 0 aromatic carbocycles. The Labute approximate surface area is 89.5 Å². The zero-order valence-corrected chi connectivity index (χ0v) is 9.16. The molecule has 0 saturated carbocycles. The number of ether oxygens (including phenoxy) is 1. The summed E-state index contributed by atoms with van der Waals surface area (Å²) in [6.45, 7) is 5.40. The standard InChI is InChI=1S/C10H16N4O/c1-8-9(11-2)12-7-13-10(8)14-3-5-15-6-4-14/h7H,3-6H2,1-2H3,(H,11,12,13). The monoisotopic (exact) mass is 208 g/mol. The minimum absolute atomic E-state index is 0.776. The topological polar surface area (TPSA) is 50.3 Å². The van der Waals surface area contributed by atoms with Crippen molar-refractivity contribution in [3.8, 4) is 0 Å². The summed E-state index contributed by atoms with van der Waals surface area (Å²) < 4.78 is 5.32. The molecule has 2 rings (SSSR count). The van der Waals surface area contributed by atoms with Gasteiger partial charge in [0.25, 0.3) is 0 Å². The van der Waals surface area contributed by atoms with Crippen molar-refractivity contribution in [2.24, 2.45) is 0 Å². The van der Waals surface area contributed by atoms with E-state index in [2.05, 4.69) is 20.2 Å². The molecular formula is C10H16N4O. The zero-order valence-electron chi connectivity index (χ0n) is 9.16. The van der Waals surface area contributed by atoms with E-state index in [-0.39, 0.29) is 0 Å². The molecule has 0 atom stereocenters. The molecule has 1 aromatic heterocycles. The second-order valence-electron chi connectivity index (χ2n) is 3.52. The third kappa shape index (κ3) is 2.02. The Bertz CT molecular complexity index is 336. The highest BCUT2D eigenvalue weighted by atomic mass is 16.5. The molecule has 1 fully saturated rings. The Morgan fingerprint density at radius 3 is 2.73 bits per heavy atom. The first kappa shape index (κ1) is 10.2. The highest BCUT2D eigenvalue weighted by Crippen LogP contribution is 2.22. The molecule has 0 bridgehead atoms. The minimum Gasteiger partial charge on any atom is -0.378 e. The van der Waals surface area contributed by atoms with Gasteiger partial charge in [-0.25, -0.2) is 9.97 Å². The van der Waals surface area contributed by atoms with Gasteiger partial charge in [-0.05, 0) is 6.92 Å². The summed E-state index contributed by atoms with van der Waals surface area (Å²) in [4.78, 5) is 10.7. The Balaban J connectivity index is 2.26. The van der Waals surface area contributed by atoms with E-state index < -0.39 is 0 Å². The smallest absolute Gasteiger partial charge is 0.137 e. The van der Waals surface area contributed by atoms with E-state index in [1.165, 1.54) is 0 Å². The van der Waals surface area contributed by atoms with Crippen molar-refractivity contribution < 1.29 is 4.74 Å². The van der Waals surface area contributed by atoms with Crippen LogP contribution in [-0.4, -0.2) is 43.3 Å². The number of morpholine rings is 1. The summed E-state index contributed by atoms with van der Waals surface area (Å²) in [5.74, 6) is 1.91. The SMILES string of the molecule is CNc1ncnc(N2CCOCC2)c1C. The summed E-state index contributed by atoms with van der Waals surface area (Å²) in [5, 5.41) is 3.07. The third-order valence-corrected chi connectivity index (χ3v) is 2.60. The van der Waals surface area contributed by atoms with Gasteiger partial charge in [0.15, 0.2) is 0 Å². The number of anilines is 2. The first-order valence-corrected chi connectivity index (χ1v) is 5.15. The van der Waals surface area contributed by atoms with Gasteiger partial charge in [0.1, 0.15) is 18.0 Å². The molecule has 0 aliphatic carbocycles. The quantitative estimate of drug-likeness (QED) is 0.774. The number of nitrogens with one attached hydrogen (secondary N) is 1. The van der Waals surface area contributed by atoms with Gasteiger partial charge in [0.05, 0.1) is 13.2 Å². The van der Waals surface area contributed by atoms with Crippen LogP contribution in [-0.2, 0) is 4.74 Å². The summed E-state index contributed by atoms with van der Waals surface area (Å²) in [5.41, 5.74) is 1.10. The number of nitrogens with zero attached hydrogens (tertiary/aromatic N) is 3. The van der Waals surface area contributed by atoms with Crippen LogP contribution in [0.2, 0.25) is 0 Å². The molecule has 1 aliphatic rings. The molecule has 5 heteroatoms. The fraction of sp³-hybridized carbons (Fsp3) is 0.600. The Morgan fingerprint density at radius 1 is 1.33 bits per heavy atom. The maximum atomic E-state index is 5.32. The molecule has 82 valence electrons. The van der Waals surface area contributed by atoms with E-state index in [1.807, 2.05) is 14.0 Å². The minimum atomic E-state index is 0.776. The lowest BCUT2D eigenvalue weighted by Gasteiger charge is -2.29. The van der Waals surface area contributed by atoms with Gasteiger partial charge in [-0.2, -0.15) is 0 Å². The predicted octanol–water partition coefficient (Wildman–Crippen LogP) is 0.663. The Morgan fingerprint density at radius 2 is 2.07 bits per heavy atom. The van der Waals surface area contributed by atoms with Gasteiger partial charge in [0, 0.05) is 25.7 Å². The van der Waals surface area contributed by atoms with E-state index in [0.717, 1.165) is 43.5 Å². The normalized spacial score (nSPS) is 16.5. The lowest BCUT2D eigenvalue weighted by Crippen LogP contribution is -2.37. The second kappa shape index (κ2) is 4.44. The van der Waals surface area contributed by atoms with E-state index in [4.69, 9.17) is 4.74 Å². The van der Waals surface area contributed by atoms with Crippen molar-refractivity contribution >= 4 is 11.6 Å². The third-order valence-electron chi connectivity index (χ3n) is 2.60. The molecule has 1 aromatic rings.